The Morgan fingerprint density at radius 1 is 1.17 bits per heavy atom. The Morgan fingerprint density at radius 2 is 1.90 bits per heavy atom. The van der Waals surface area contributed by atoms with Gasteiger partial charge >= 0.3 is 0 Å². The van der Waals surface area contributed by atoms with Crippen LogP contribution >= 0.6 is 11.6 Å². The molecule has 0 aliphatic carbocycles. The summed E-state index contributed by atoms with van der Waals surface area (Å²) in [6.07, 6.45) is 3.35. The van der Waals surface area contributed by atoms with Gasteiger partial charge in [-0.1, -0.05) is 51.9 Å². The van der Waals surface area contributed by atoms with Crippen LogP contribution in [0.2, 0.25) is 5.02 Å². The second-order valence-corrected chi connectivity index (χ2v) is 13.7. The maximum Gasteiger partial charge on any atom is 0.261 e. The number of pyridine rings is 1. The normalized spacial score (nSPS) is 18.5. The molecule has 1 amide bonds. The number of amides is 1. The number of carbonyl (C=O) groups is 1. The third-order valence-electron chi connectivity index (χ3n) is 9.74. The van der Waals surface area contributed by atoms with Crippen molar-refractivity contribution < 1.29 is 9.18 Å². The van der Waals surface area contributed by atoms with Gasteiger partial charge < -0.3 is 9.80 Å². The van der Waals surface area contributed by atoms with E-state index in [9.17, 15) is 4.79 Å². The molecule has 2 aliphatic heterocycles. The number of hydrogen-bond acceptors (Lipinski definition) is 6. The number of aromatic nitrogens is 3. The summed E-state index contributed by atoms with van der Waals surface area (Å²) in [6, 6.07) is 4.95. The molecule has 6 rings (SSSR count). The first kappa shape index (κ1) is 33.3. The van der Waals surface area contributed by atoms with Crippen molar-refractivity contribution in [3.05, 3.63) is 75.1 Å². The van der Waals surface area contributed by atoms with Crippen LogP contribution in [0.5, 0.6) is 0 Å². The summed E-state index contributed by atoms with van der Waals surface area (Å²) in [5, 5.41) is 8.51. The van der Waals surface area contributed by atoms with E-state index in [0.29, 0.717) is 69.7 Å². The third kappa shape index (κ3) is 5.00. The molecule has 4 heterocycles. The van der Waals surface area contributed by atoms with Crippen molar-refractivity contribution in [3.63, 3.8) is 0 Å². The molecule has 2 aromatic carbocycles. The van der Waals surface area contributed by atoms with E-state index < -0.39 is 5.82 Å². The van der Waals surface area contributed by atoms with Gasteiger partial charge in [-0.05, 0) is 56.2 Å². The number of hydrogen-bond donors (Lipinski definition) is 1. The molecule has 2 aliphatic rings. The standard InChI is InChI=1S/C37H41ClFN7O2/c1-10-28(47)44-17-22-13-24-34(45(22)16-21(44)7)23-14-26(39)30(29-20(6)11-12-27-25(29)15-42-43-27)31(38)35(23)46(37(24)48)36(32(40-8)18(2)3)33(41-9)19(4)5/h10-12,14-15,18-19,21-22H,1,8,13,16-17H2,2-7,9H3,(H,42,43)/b36-32+,41-33?. The van der Waals surface area contributed by atoms with Crippen molar-refractivity contribution in [1.29, 1.82) is 0 Å². The first-order chi connectivity index (χ1) is 22.9. The third-order valence-corrected chi connectivity index (χ3v) is 10.1. The average Bonchev–Trinajstić information content (AvgIpc) is 3.67. The van der Waals surface area contributed by atoms with Crippen molar-refractivity contribution in [1.82, 2.24) is 19.7 Å². The smallest absolute Gasteiger partial charge is 0.261 e. The van der Waals surface area contributed by atoms with E-state index in [2.05, 4.69) is 38.4 Å². The topological polar surface area (TPSA) is 99.0 Å². The minimum absolute atomic E-state index is 0.0954. The van der Waals surface area contributed by atoms with Crippen LogP contribution in [0.1, 0.15) is 45.7 Å². The fraction of sp³-hybridized carbons (Fsp3) is 0.378. The predicted molar refractivity (Wildman–Crippen MR) is 195 cm³/mol. The van der Waals surface area contributed by atoms with E-state index in [-0.39, 0.29) is 46.0 Å². The Labute approximate surface area is 284 Å². The molecule has 4 aromatic rings. The summed E-state index contributed by atoms with van der Waals surface area (Å²) in [5.41, 5.74) is 5.32. The largest absolute Gasteiger partial charge is 0.363 e. The van der Waals surface area contributed by atoms with Crippen LogP contribution in [0.15, 0.2) is 57.5 Å². The van der Waals surface area contributed by atoms with Gasteiger partial charge in [-0.25, -0.2) is 4.39 Å². The lowest BCUT2D eigenvalue weighted by Crippen LogP contribution is -2.57. The fourth-order valence-corrected chi connectivity index (χ4v) is 7.97. The molecular weight excluding hydrogens is 629 g/mol. The van der Waals surface area contributed by atoms with Crippen molar-refractivity contribution in [2.45, 2.75) is 60.0 Å². The fourth-order valence-electron chi connectivity index (χ4n) is 7.60. The van der Waals surface area contributed by atoms with E-state index >= 15 is 9.18 Å². The molecule has 0 spiro atoms. The van der Waals surface area contributed by atoms with Gasteiger partial charge in [0.15, 0.2) is 0 Å². The van der Waals surface area contributed by atoms with Crippen molar-refractivity contribution in [2.24, 2.45) is 21.8 Å². The highest BCUT2D eigenvalue weighted by Gasteiger charge is 2.42. The predicted octanol–water partition coefficient (Wildman–Crippen LogP) is 7.05. The molecule has 11 heteroatoms. The van der Waals surface area contributed by atoms with Crippen LogP contribution in [0.4, 0.5) is 10.1 Å². The van der Waals surface area contributed by atoms with E-state index in [4.69, 9.17) is 11.6 Å². The number of H-pyrrole nitrogens is 1. The Balaban J connectivity index is 1.79. The molecule has 1 fully saturated rings. The molecule has 0 saturated carbocycles. The van der Waals surface area contributed by atoms with Gasteiger partial charge in [0.2, 0.25) is 5.91 Å². The SMILES string of the molecule is C=CC(=O)N1CC2Cc3c(c4cc(F)c(-c5c(C)ccc6[nH]ncc56)c(Cl)c4n(/C(C(=NC)C(C)C)=C(/N=C)C(C)C)c3=O)N2CC1C. The number of aliphatic imine (C=N–C) groups is 2. The van der Waals surface area contributed by atoms with E-state index in [1.807, 2.05) is 53.7 Å². The molecule has 48 heavy (non-hydrogen) atoms. The Bertz CT molecular complexity index is 2140. The summed E-state index contributed by atoms with van der Waals surface area (Å²) < 4.78 is 18.5. The number of allylic oxidation sites excluding steroid dienone is 2. The number of piperazine rings is 1. The number of rotatable bonds is 7. The molecule has 1 N–H and O–H groups in total. The molecular formula is C37H41ClFN7O2. The highest BCUT2D eigenvalue weighted by atomic mass is 35.5. The highest BCUT2D eigenvalue weighted by molar-refractivity contribution is 6.39. The van der Waals surface area contributed by atoms with Crippen LogP contribution in [-0.2, 0) is 11.2 Å². The summed E-state index contributed by atoms with van der Waals surface area (Å²) in [7, 11) is 1.69. The van der Waals surface area contributed by atoms with E-state index in [0.717, 1.165) is 11.1 Å². The molecule has 1 saturated heterocycles. The number of halogens is 2. The van der Waals surface area contributed by atoms with E-state index in [1.165, 1.54) is 12.1 Å². The minimum atomic E-state index is -0.515. The molecule has 2 unspecified atom stereocenters. The van der Waals surface area contributed by atoms with Crippen LogP contribution < -0.4 is 10.5 Å². The molecule has 2 atom stereocenters. The van der Waals surface area contributed by atoms with Crippen LogP contribution in [-0.4, -0.2) is 70.2 Å². The minimum Gasteiger partial charge on any atom is -0.363 e. The van der Waals surface area contributed by atoms with Crippen LogP contribution in [0, 0.1) is 24.6 Å². The molecule has 2 aromatic heterocycles. The maximum atomic E-state index is 16.9. The Hall–Kier alpha value is -4.57. The Kier molecular flexibility index (Phi) is 8.66. The second-order valence-electron chi connectivity index (χ2n) is 13.4. The highest BCUT2D eigenvalue weighted by Crippen LogP contribution is 2.47. The lowest BCUT2D eigenvalue weighted by molar-refractivity contribution is -0.128. The van der Waals surface area contributed by atoms with Gasteiger partial charge in [0.05, 0.1) is 51.1 Å². The number of benzene rings is 2. The van der Waals surface area contributed by atoms with Gasteiger partial charge in [-0.3, -0.25) is 29.2 Å². The average molecular weight is 670 g/mol. The maximum absolute atomic E-state index is 16.9. The van der Waals surface area contributed by atoms with Crippen LogP contribution in [0.25, 0.3) is 38.6 Å². The molecule has 250 valence electrons. The van der Waals surface area contributed by atoms with Crippen molar-refractivity contribution in [3.8, 4) is 11.1 Å². The van der Waals surface area contributed by atoms with Crippen LogP contribution in [0.3, 0.4) is 0 Å². The lowest BCUT2D eigenvalue weighted by Gasteiger charge is -2.43. The second kappa shape index (κ2) is 12.5. The Morgan fingerprint density at radius 3 is 2.52 bits per heavy atom. The van der Waals surface area contributed by atoms with Crippen molar-refractivity contribution >= 4 is 63.1 Å². The number of anilines is 1. The van der Waals surface area contributed by atoms with E-state index in [1.54, 1.807) is 22.7 Å². The van der Waals surface area contributed by atoms with Gasteiger partial charge in [0.25, 0.3) is 5.56 Å². The molecule has 0 radical (unpaired) electrons. The van der Waals surface area contributed by atoms with Crippen molar-refractivity contribution in [2.75, 3.05) is 25.0 Å². The zero-order valence-electron chi connectivity index (χ0n) is 28.5. The monoisotopic (exact) mass is 669 g/mol. The molecule has 0 bridgehead atoms. The molecule has 9 nitrogen and oxygen atoms in total. The summed E-state index contributed by atoms with van der Waals surface area (Å²) in [4.78, 5) is 41.0. The zero-order valence-corrected chi connectivity index (χ0v) is 29.2. The number of nitrogens with one attached hydrogen (secondary N) is 1. The summed E-state index contributed by atoms with van der Waals surface area (Å²) in [5.74, 6) is -0.901. The van der Waals surface area contributed by atoms with Gasteiger partial charge in [0.1, 0.15) is 5.82 Å². The summed E-state index contributed by atoms with van der Waals surface area (Å²) >= 11 is 7.46. The number of aromatic amines is 1. The number of fused-ring (bicyclic) bond motifs is 6. The zero-order chi connectivity index (χ0) is 34.8. The number of aryl methyl sites for hydroxylation is 1. The van der Waals surface area contributed by atoms with Gasteiger partial charge in [0, 0.05) is 60.1 Å². The first-order valence-electron chi connectivity index (χ1n) is 16.3. The van der Waals surface area contributed by atoms with Gasteiger partial charge in [-0.2, -0.15) is 5.10 Å². The first-order valence-corrected chi connectivity index (χ1v) is 16.6. The number of nitrogens with zero attached hydrogens (tertiary/aromatic N) is 6. The van der Waals surface area contributed by atoms with Gasteiger partial charge in [-0.15, -0.1) is 0 Å². The lowest BCUT2D eigenvalue weighted by atomic mass is 9.93. The number of carbonyl (C=O) groups excluding carboxylic acids is 1. The summed E-state index contributed by atoms with van der Waals surface area (Å²) in [6.45, 7) is 20.3. The quantitative estimate of drug-likeness (QED) is 0.169.